The van der Waals surface area contributed by atoms with Gasteiger partial charge in [0, 0.05) is 11.8 Å². The summed E-state index contributed by atoms with van der Waals surface area (Å²) in [6, 6.07) is 5.01. The first kappa shape index (κ1) is 14.8. The number of hydrogen-bond acceptors (Lipinski definition) is 3. The molecule has 0 unspecified atom stereocenters. The lowest BCUT2D eigenvalue weighted by molar-refractivity contribution is -0.185. The molecule has 1 saturated carbocycles. The maximum atomic E-state index is 12.6. The maximum absolute atomic E-state index is 12.6. The molecule has 1 aliphatic carbocycles. The second-order valence-electron chi connectivity index (χ2n) is 5.04. The van der Waals surface area contributed by atoms with Gasteiger partial charge in [0.15, 0.2) is 11.5 Å². The van der Waals surface area contributed by atoms with E-state index in [0.717, 1.165) is 0 Å². The zero-order chi connectivity index (χ0) is 14.8. The third-order valence-corrected chi connectivity index (χ3v) is 3.62. The molecule has 1 aliphatic rings. The van der Waals surface area contributed by atoms with Crippen LogP contribution in [0.2, 0.25) is 0 Å². The predicted molar refractivity (Wildman–Crippen MR) is 69.8 cm³/mol. The fourth-order valence-corrected chi connectivity index (χ4v) is 2.47. The zero-order valence-corrected chi connectivity index (χ0v) is 11.2. The quantitative estimate of drug-likeness (QED) is 0.861. The lowest BCUT2D eigenvalue weighted by atomic mass is 9.87. The topological polar surface area (TPSA) is 44.5 Å². The minimum absolute atomic E-state index is 0.110. The van der Waals surface area contributed by atoms with E-state index < -0.39 is 12.1 Å². The van der Waals surface area contributed by atoms with Crippen molar-refractivity contribution in [2.45, 2.75) is 38.0 Å². The molecule has 2 N–H and O–H groups in total. The minimum Gasteiger partial charge on any atom is -0.493 e. The van der Waals surface area contributed by atoms with Gasteiger partial charge in [-0.3, -0.25) is 0 Å². The molecule has 1 aromatic carbocycles. The summed E-state index contributed by atoms with van der Waals surface area (Å²) in [6.45, 7) is 0. The van der Waals surface area contributed by atoms with Crippen LogP contribution in [-0.2, 0) is 0 Å². The predicted octanol–water partition coefficient (Wildman–Crippen LogP) is 3.78. The van der Waals surface area contributed by atoms with E-state index in [1.807, 2.05) is 0 Å². The monoisotopic (exact) mass is 289 g/mol. The average molecular weight is 289 g/mol. The number of nitrogens with two attached hydrogens (primary N) is 1. The summed E-state index contributed by atoms with van der Waals surface area (Å²) in [7, 11) is 1.51. The highest BCUT2D eigenvalue weighted by Gasteiger charge is 2.41. The Balaban J connectivity index is 1.97. The summed E-state index contributed by atoms with van der Waals surface area (Å²) < 4.78 is 48.7. The summed E-state index contributed by atoms with van der Waals surface area (Å²) in [6.07, 6.45) is -3.31. The van der Waals surface area contributed by atoms with E-state index in [9.17, 15) is 13.2 Å². The Hall–Kier alpha value is -1.59. The Morgan fingerprint density at radius 2 is 1.75 bits per heavy atom. The van der Waals surface area contributed by atoms with Gasteiger partial charge in [-0.2, -0.15) is 13.2 Å². The molecule has 0 radical (unpaired) electrons. The Morgan fingerprint density at radius 1 is 1.10 bits per heavy atom. The number of methoxy groups -OCH3 is 1. The highest BCUT2D eigenvalue weighted by atomic mass is 19.4. The van der Waals surface area contributed by atoms with Crippen LogP contribution in [0.4, 0.5) is 18.9 Å². The van der Waals surface area contributed by atoms with Gasteiger partial charge in [0.25, 0.3) is 0 Å². The van der Waals surface area contributed by atoms with Gasteiger partial charge in [-0.1, -0.05) is 0 Å². The molecule has 112 valence electrons. The lowest BCUT2D eigenvalue weighted by Gasteiger charge is -2.30. The summed E-state index contributed by atoms with van der Waals surface area (Å²) >= 11 is 0. The van der Waals surface area contributed by atoms with Gasteiger partial charge >= 0.3 is 6.18 Å². The molecule has 3 nitrogen and oxygen atoms in total. The van der Waals surface area contributed by atoms with Crippen LogP contribution in [0, 0.1) is 5.92 Å². The number of hydrogen-bond donors (Lipinski definition) is 1. The van der Waals surface area contributed by atoms with E-state index in [4.69, 9.17) is 15.2 Å². The van der Waals surface area contributed by atoms with E-state index in [0.29, 0.717) is 30.0 Å². The van der Waals surface area contributed by atoms with Crippen LogP contribution >= 0.6 is 0 Å². The zero-order valence-electron chi connectivity index (χ0n) is 11.2. The van der Waals surface area contributed by atoms with Crippen molar-refractivity contribution in [3.05, 3.63) is 18.2 Å². The number of alkyl halides is 3. The van der Waals surface area contributed by atoms with E-state index in [1.165, 1.54) is 7.11 Å². The molecule has 0 atom stereocenters. The molecule has 6 heteroatoms. The smallest absolute Gasteiger partial charge is 0.391 e. The fourth-order valence-electron chi connectivity index (χ4n) is 2.47. The molecule has 0 aromatic heterocycles. The van der Waals surface area contributed by atoms with Gasteiger partial charge in [-0.25, -0.2) is 0 Å². The van der Waals surface area contributed by atoms with Crippen molar-refractivity contribution in [1.82, 2.24) is 0 Å². The number of benzene rings is 1. The highest BCUT2D eigenvalue weighted by molar-refractivity contribution is 5.52. The van der Waals surface area contributed by atoms with Crippen molar-refractivity contribution < 1.29 is 22.6 Å². The third-order valence-electron chi connectivity index (χ3n) is 3.62. The SMILES string of the molecule is COc1ccc(N)cc1O[C@H]1CC[C@@H](C(F)(F)F)CC1. The third kappa shape index (κ3) is 3.49. The van der Waals surface area contributed by atoms with Crippen molar-refractivity contribution in [3.63, 3.8) is 0 Å². The molecule has 0 spiro atoms. The van der Waals surface area contributed by atoms with Crippen LogP contribution in [0.1, 0.15) is 25.7 Å². The van der Waals surface area contributed by atoms with E-state index in [1.54, 1.807) is 18.2 Å². The summed E-state index contributed by atoms with van der Waals surface area (Å²) in [5.41, 5.74) is 6.21. The molecule has 1 aromatic rings. The van der Waals surface area contributed by atoms with Crippen molar-refractivity contribution >= 4 is 5.69 Å². The van der Waals surface area contributed by atoms with Crippen LogP contribution in [0.5, 0.6) is 11.5 Å². The Labute approximate surface area is 115 Å². The Bertz CT molecular complexity index is 454. The second kappa shape index (κ2) is 5.81. The van der Waals surface area contributed by atoms with Crippen LogP contribution in [0.15, 0.2) is 18.2 Å². The minimum atomic E-state index is -4.10. The molecule has 0 aliphatic heterocycles. The number of nitrogen functional groups attached to an aromatic ring is 1. The molecule has 1 fully saturated rings. The van der Waals surface area contributed by atoms with E-state index >= 15 is 0 Å². The number of halogens is 3. The second-order valence-corrected chi connectivity index (χ2v) is 5.04. The van der Waals surface area contributed by atoms with Gasteiger partial charge in [-0.05, 0) is 37.8 Å². The van der Waals surface area contributed by atoms with Crippen LogP contribution in [0.25, 0.3) is 0 Å². The van der Waals surface area contributed by atoms with Crippen molar-refractivity contribution in [2.75, 3.05) is 12.8 Å². The molecule has 2 rings (SSSR count). The van der Waals surface area contributed by atoms with Gasteiger partial charge in [0.05, 0.1) is 19.1 Å². The van der Waals surface area contributed by atoms with Gasteiger partial charge < -0.3 is 15.2 Å². The van der Waals surface area contributed by atoms with Crippen LogP contribution < -0.4 is 15.2 Å². The van der Waals surface area contributed by atoms with Crippen LogP contribution in [-0.4, -0.2) is 19.4 Å². The first-order valence-corrected chi connectivity index (χ1v) is 6.57. The molecular weight excluding hydrogens is 271 g/mol. The Morgan fingerprint density at radius 3 is 2.30 bits per heavy atom. The normalized spacial score (nSPS) is 23.4. The lowest BCUT2D eigenvalue weighted by Crippen LogP contribution is -2.31. The summed E-state index contributed by atoms with van der Waals surface area (Å²) in [4.78, 5) is 0. The number of anilines is 1. The van der Waals surface area contributed by atoms with Crippen molar-refractivity contribution in [1.29, 1.82) is 0 Å². The molecule has 20 heavy (non-hydrogen) atoms. The Kier molecular flexibility index (Phi) is 4.30. The summed E-state index contributed by atoms with van der Waals surface area (Å²) in [5, 5.41) is 0. The fraction of sp³-hybridized carbons (Fsp3) is 0.571. The molecule has 0 saturated heterocycles. The summed E-state index contributed by atoms with van der Waals surface area (Å²) in [5.74, 6) is -0.176. The van der Waals surface area contributed by atoms with E-state index in [2.05, 4.69) is 0 Å². The van der Waals surface area contributed by atoms with Gasteiger partial charge in [-0.15, -0.1) is 0 Å². The molecule has 0 amide bonds. The van der Waals surface area contributed by atoms with Crippen molar-refractivity contribution in [3.8, 4) is 11.5 Å². The van der Waals surface area contributed by atoms with Gasteiger partial charge in [0.1, 0.15) is 0 Å². The van der Waals surface area contributed by atoms with Gasteiger partial charge in [0.2, 0.25) is 0 Å². The highest BCUT2D eigenvalue weighted by Crippen LogP contribution is 2.39. The first-order valence-electron chi connectivity index (χ1n) is 6.57. The molecule has 0 bridgehead atoms. The number of rotatable bonds is 3. The first-order chi connectivity index (χ1) is 9.40. The average Bonchev–Trinajstić information content (AvgIpc) is 2.38. The van der Waals surface area contributed by atoms with Crippen LogP contribution in [0.3, 0.4) is 0 Å². The molecule has 0 heterocycles. The number of ether oxygens (including phenoxy) is 2. The largest absolute Gasteiger partial charge is 0.493 e. The standard InChI is InChI=1S/C14H18F3NO2/c1-19-12-7-4-10(18)8-13(12)20-11-5-2-9(3-6-11)14(15,16)17/h4,7-9,11H,2-3,5-6,18H2,1H3/t9-,11+. The maximum Gasteiger partial charge on any atom is 0.391 e. The van der Waals surface area contributed by atoms with Crippen molar-refractivity contribution in [2.24, 2.45) is 5.92 Å². The molecular formula is C14H18F3NO2. The van der Waals surface area contributed by atoms with E-state index in [-0.39, 0.29) is 18.9 Å².